The molecule has 2 rings (SSSR count). The van der Waals surface area contributed by atoms with Gasteiger partial charge in [0.05, 0.1) is 9.35 Å². The zero-order valence-electron chi connectivity index (χ0n) is 7.74. The van der Waals surface area contributed by atoms with Crippen LogP contribution in [0.3, 0.4) is 0 Å². The molecule has 0 saturated carbocycles. The van der Waals surface area contributed by atoms with Crippen molar-refractivity contribution in [2.75, 3.05) is 5.32 Å². The maximum Gasteiger partial charge on any atom is 0.256 e. The third-order valence-corrected chi connectivity index (χ3v) is 3.37. The van der Waals surface area contributed by atoms with Crippen molar-refractivity contribution < 1.29 is 4.79 Å². The molecule has 0 atom stereocenters. The van der Waals surface area contributed by atoms with Crippen LogP contribution >= 0.6 is 27.3 Å². The molecular weight excluding hydrogens is 274 g/mol. The van der Waals surface area contributed by atoms with Gasteiger partial charge in [0.2, 0.25) is 0 Å². The minimum absolute atomic E-state index is 0.0804. The van der Waals surface area contributed by atoms with Crippen molar-refractivity contribution in [3.05, 3.63) is 51.1 Å². The summed E-state index contributed by atoms with van der Waals surface area (Å²) in [6, 6.07) is 11.2. The molecule has 0 spiro atoms. The molecule has 15 heavy (non-hydrogen) atoms. The number of anilines is 1. The van der Waals surface area contributed by atoms with E-state index >= 15 is 0 Å². The highest BCUT2D eigenvalue weighted by Gasteiger charge is 2.07. The summed E-state index contributed by atoms with van der Waals surface area (Å²) in [4.78, 5) is 11.7. The number of hydrogen-bond donors (Lipinski definition) is 1. The molecule has 2 nitrogen and oxygen atoms in total. The van der Waals surface area contributed by atoms with Crippen molar-refractivity contribution in [2.45, 2.75) is 0 Å². The average molecular weight is 282 g/mol. The molecule has 1 amide bonds. The van der Waals surface area contributed by atoms with E-state index in [1.807, 2.05) is 41.8 Å². The van der Waals surface area contributed by atoms with Crippen molar-refractivity contribution in [1.82, 2.24) is 0 Å². The van der Waals surface area contributed by atoms with Gasteiger partial charge in [-0.25, -0.2) is 0 Å². The number of nitrogens with one attached hydrogen (secondary N) is 1. The standard InChI is InChI=1S/C11H8BrNOS/c12-10-6-8(7-15-10)11(14)13-9-4-2-1-3-5-9/h1-7H,(H,13,14). The summed E-state index contributed by atoms with van der Waals surface area (Å²) in [5.41, 5.74) is 1.49. The quantitative estimate of drug-likeness (QED) is 0.892. The van der Waals surface area contributed by atoms with Crippen LogP contribution < -0.4 is 5.32 Å². The average Bonchev–Trinajstić information content (AvgIpc) is 2.66. The topological polar surface area (TPSA) is 29.1 Å². The largest absolute Gasteiger partial charge is 0.322 e. The van der Waals surface area contributed by atoms with Crippen molar-refractivity contribution in [1.29, 1.82) is 0 Å². The first-order valence-corrected chi connectivity index (χ1v) is 6.03. The van der Waals surface area contributed by atoms with E-state index in [9.17, 15) is 4.79 Å². The molecule has 0 aliphatic carbocycles. The smallest absolute Gasteiger partial charge is 0.256 e. The number of thiophene rings is 1. The number of halogens is 1. The number of para-hydroxylation sites is 1. The Morgan fingerprint density at radius 2 is 2.00 bits per heavy atom. The molecule has 1 aromatic carbocycles. The third-order valence-electron chi connectivity index (χ3n) is 1.86. The monoisotopic (exact) mass is 281 g/mol. The number of carbonyl (C=O) groups is 1. The van der Waals surface area contributed by atoms with Crippen LogP contribution in [0.5, 0.6) is 0 Å². The molecule has 0 saturated heterocycles. The molecule has 2 aromatic rings. The fraction of sp³-hybridized carbons (Fsp3) is 0. The Kier molecular flexibility index (Phi) is 3.18. The normalized spacial score (nSPS) is 9.93. The van der Waals surface area contributed by atoms with Crippen LogP contribution in [0.15, 0.2) is 45.6 Å². The summed E-state index contributed by atoms with van der Waals surface area (Å²) in [6.07, 6.45) is 0. The Morgan fingerprint density at radius 3 is 2.60 bits per heavy atom. The number of benzene rings is 1. The maximum absolute atomic E-state index is 11.7. The highest BCUT2D eigenvalue weighted by atomic mass is 79.9. The zero-order chi connectivity index (χ0) is 10.7. The second-order valence-electron chi connectivity index (χ2n) is 2.96. The second-order valence-corrected chi connectivity index (χ2v) is 5.25. The molecule has 0 fully saturated rings. The second kappa shape index (κ2) is 4.59. The van der Waals surface area contributed by atoms with Gasteiger partial charge in [0.15, 0.2) is 0 Å². The van der Waals surface area contributed by atoms with Gasteiger partial charge < -0.3 is 5.32 Å². The molecule has 0 bridgehead atoms. The van der Waals surface area contributed by atoms with E-state index in [2.05, 4.69) is 21.2 Å². The molecule has 4 heteroatoms. The van der Waals surface area contributed by atoms with Gasteiger partial charge in [-0.05, 0) is 34.1 Å². The lowest BCUT2D eigenvalue weighted by Crippen LogP contribution is -2.10. The minimum Gasteiger partial charge on any atom is -0.322 e. The highest BCUT2D eigenvalue weighted by Crippen LogP contribution is 2.21. The van der Waals surface area contributed by atoms with Crippen LogP contribution in [0.2, 0.25) is 0 Å². The van der Waals surface area contributed by atoms with E-state index in [1.165, 1.54) is 11.3 Å². The third kappa shape index (κ3) is 2.67. The van der Waals surface area contributed by atoms with Crippen LogP contribution in [0, 0.1) is 0 Å². The van der Waals surface area contributed by atoms with Gasteiger partial charge in [-0.3, -0.25) is 4.79 Å². The summed E-state index contributed by atoms with van der Waals surface area (Å²) < 4.78 is 0.959. The van der Waals surface area contributed by atoms with E-state index in [-0.39, 0.29) is 5.91 Å². The van der Waals surface area contributed by atoms with Crippen LogP contribution in [0.1, 0.15) is 10.4 Å². The summed E-state index contributed by atoms with van der Waals surface area (Å²) in [5.74, 6) is -0.0804. The Morgan fingerprint density at radius 1 is 1.27 bits per heavy atom. The fourth-order valence-corrected chi connectivity index (χ4v) is 2.29. The fourth-order valence-electron chi connectivity index (χ4n) is 1.15. The summed E-state index contributed by atoms with van der Waals surface area (Å²) >= 11 is 4.82. The first kappa shape index (κ1) is 10.4. The summed E-state index contributed by atoms with van der Waals surface area (Å²) in [6.45, 7) is 0. The van der Waals surface area contributed by atoms with Crippen LogP contribution in [0.25, 0.3) is 0 Å². The van der Waals surface area contributed by atoms with Gasteiger partial charge in [0.25, 0.3) is 5.91 Å². The predicted octanol–water partition coefficient (Wildman–Crippen LogP) is 3.76. The number of rotatable bonds is 2. The number of amides is 1. The molecule has 0 aliphatic rings. The number of hydrogen-bond acceptors (Lipinski definition) is 2. The van der Waals surface area contributed by atoms with Gasteiger partial charge >= 0.3 is 0 Å². The van der Waals surface area contributed by atoms with Crippen molar-refractivity contribution in [3.63, 3.8) is 0 Å². The van der Waals surface area contributed by atoms with Crippen LogP contribution in [0.4, 0.5) is 5.69 Å². The van der Waals surface area contributed by atoms with Crippen molar-refractivity contribution in [2.24, 2.45) is 0 Å². The van der Waals surface area contributed by atoms with E-state index in [4.69, 9.17) is 0 Å². The van der Waals surface area contributed by atoms with Crippen molar-refractivity contribution in [3.8, 4) is 0 Å². The summed E-state index contributed by atoms with van der Waals surface area (Å²) in [7, 11) is 0. The first-order chi connectivity index (χ1) is 7.25. The molecule has 0 radical (unpaired) electrons. The molecule has 0 aliphatic heterocycles. The lowest BCUT2D eigenvalue weighted by atomic mass is 10.3. The van der Waals surface area contributed by atoms with Gasteiger partial charge in [-0.2, -0.15) is 0 Å². The van der Waals surface area contributed by atoms with Gasteiger partial charge in [0, 0.05) is 11.1 Å². The maximum atomic E-state index is 11.7. The molecule has 1 aromatic heterocycles. The van der Waals surface area contributed by atoms with E-state index < -0.39 is 0 Å². The van der Waals surface area contributed by atoms with Gasteiger partial charge in [0.1, 0.15) is 0 Å². The SMILES string of the molecule is O=C(Nc1ccccc1)c1csc(Br)c1. The minimum atomic E-state index is -0.0804. The van der Waals surface area contributed by atoms with Crippen LogP contribution in [-0.2, 0) is 0 Å². The Bertz CT molecular complexity index is 466. The van der Waals surface area contributed by atoms with Crippen molar-refractivity contribution >= 4 is 38.9 Å². The highest BCUT2D eigenvalue weighted by molar-refractivity contribution is 9.11. The lowest BCUT2D eigenvalue weighted by molar-refractivity contribution is 0.102. The summed E-state index contributed by atoms with van der Waals surface area (Å²) in [5, 5.41) is 4.64. The van der Waals surface area contributed by atoms with E-state index in [0.29, 0.717) is 5.56 Å². The molecule has 0 unspecified atom stereocenters. The zero-order valence-corrected chi connectivity index (χ0v) is 10.1. The molecular formula is C11H8BrNOS. The Balaban J connectivity index is 2.11. The Labute approximate surface area is 100 Å². The van der Waals surface area contributed by atoms with Crippen LogP contribution in [-0.4, -0.2) is 5.91 Å². The molecule has 76 valence electrons. The number of carbonyl (C=O) groups excluding carboxylic acids is 1. The predicted molar refractivity (Wildman–Crippen MR) is 66.4 cm³/mol. The van der Waals surface area contributed by atoms with Gasteiger partial charge in [-0.15, -0.1) is 11.3 Å². The first-order valence-electron chi connectivity index (χ1n) is 4.36. The van der Waals surface area contributed by atoms with E-state index in [0.717, 1.165) is 9.47 Å². The molecule has 1 N–H and O–H groups in total. The Hall–Kier alpha value is -1.13. The molecule has 1 heterocycles. The van der Waals surface area contributed by atoms with E-state index in [1.54, 1.807) is 0 Å². The van der Waals surface area contributed by atoms with Gasteiger partial charge in [-0.1, -0.05) is 18.2 Å². The lowest BCUT2D eigenvalue weighted by Gasteiger charge is -2.02.